The SMILES string of the molecule is Cc1c(OCC(=O)NC(=O)NC2CC2)cccc1[N+](=O)[O-]. The molecule has 0 bridgehead atoms. The van der Waals surface area contributed by atoms with E-state index in [1.165, 1.54) is 25.1 Å². The number of imide groups is 1. The minimum absolute atomic E-state index is 0.0839. The third-order valence-corrected chi connectivity index (χ3v) is 2.98. The molecule has 0 radical (unpaired) electrons. The van der Waals surface area contributed by atoms with Crippen LogP contribution in [-0.2, 0) is 4.79 Å². The Morgan fingerprint density at radius 3 is 2.76 bits per heavy atom. The predicted molar refractivity (Wildman–Crippen MR) is 73.0 cm³/mol. The van der Waals surface area contributed by atoms with Crippen LogP contribution in [0.1, 0.15) is 18.4 Å². The van der Waals surface area contributed by atoms with Crippen LogP contribution in [0.15, 0.2) is 18.2 Å². The van der Waals surface area contributed by atoms with Gasteiger partial charge in [-0.1, -0.05) is 6.07 Å². The lowest BCUT2D eigenvalue weighted by Crippen LogP contribution is -2.42. The summed E-state index contributed by atoms with van der Waals surface area (Å²) < 4.78 is 5.21. The van der Waals surface area contributed by atoms with Gasteiger partial charge in [-0.2, -0.15) is 0 Å². The fraction of sp³-hybridized carbons (Fsp3) is 0.385. The summed E-state index contributed by atoms with van der Waals surface area (Å²) in [6.45, 7) is 1.14. The van der Waals surface area contributed by atoms with Gasteiger partial charge in [-0.15, -0.1) is 0 Å². The maximum absolute atomic E-state index is 11.5. The maximum atomic E-state index is 11.5. The molecule has 1 fully saturated rings. The molecule has 112 valence electrons. The summed E-state index contributed by atoms with van der Waals surface area (Å²) in [5.41, 5.74) is 0.247. The number of amides is 3. The van der Waals surface area contributed by atoms with Gasteiger partial charge >= 0.3 is 6.03 Å². The van der Waals surface area contributed by atoms with E-state index in [0.717, 1.165) is 12.8 Å². The molecule has 1 aromatic carbocycles. The van der Waals surface area contributed by atoms with Crippen LogP contribution in [0, 0.1) is 17.0 Å². The number of urea groups is 1. The highest BCUT2D eigenvalue weighted by molar-refractivity contribution is 5.95. The number of ether oxygens (including phenoxy) is 1. The Labute approximate surface area is 120 Å². The van der Waals surface area contributed by atoms with Crippen molar-refractivity contribution in [3.8, 4) is 5.75 Å². The fourth-order valence-corrected chi connectivity index (χ4v) is 1.71. The van der Waals surface area contributed by atoms with Crippen molar-refractivity contribution in [3.63, 3.8) is 0 Å². The molecule has 0 spiro atoms. The summed E-state index contributed by atoms with van der Waals surface area (Å²) >= 11 is 0. The van der Waals surface area contributed by atoms with Gasteiger partial charge < -0.3 is 10.1 Å². The summed E-state index contributed by atoms with van der Waals surface area (Å²) in [6.07, 6.45) is 1.84. The molecule has 1 aromatic rings. The highest BCUT2D eigenvalue weighted by Crippen LogP contribution is 2.26. The molecule has 1 saturated carbocycles. The van der Waals surface area contributed by atoms with Crippen molar-refractivity contribution >= 4 is 17.6 Å². The van der Waals surface area contributed by atoms with E-state index in [2.05, 4.69) is 10.6 Å². The molecule has 1 aliphatic rings. The van der Waals surface area contributed by atoms with Crippen molar-refractivity contribution < 1.29 is 19.2 Å². The fourth-order valence-electron chi connectivity index (χ4n) is 1.71. The lowest BCUT2D eigenvalue weighted by molar-refractivity contribution is -0.385. The molecule has 0 heterocycles. The smallest absolute Gasteiger partial charge is 0.321 e. The van der Waals surface area contributed by atoms with E-state index >= 15 is 0 Å². The van der Waals surface area contributed by atoms with Gasteiger partial charge in [0.1, 0.15) is 5.75 Å². The van der Waals surface area contributed by atoms with E-state index in [0.29, 0.717) is 5.56 Å². The molecule has 0 saturated heterocycles. The van der Waals surface area contributed by atoms with Crippen molar-refractivity contribution in [2.24, 2.45) is 0 Å². The second-order valence-corrected chi connectivity index (χ2v) is 4.74. The Morgan fingerprint density at radius 2 is 2.14 bits per heavy atom. The number of carbonyl (C=O) groups is 2. The number of hydrogen-bond acceptors (Lipinski definition) is 5. The summed E-state index contributed by atoms with van der Waals surface area (Å²) in [5.74, 6) is -0.374. The van der Waals surface area contributed by atoms with Crippen LogP contribution >= 0.6 is 0 Å². The topological polar surface area (TPSA) is 111 Å². The van der Waals surface area contributed by atoms with Gasteiger partial charge in [0.15, 0.2) is 6.61 Å². The highest BCUT2D eigenvalue weighted by Gasteiger charge is 2.24. The van der Waals surface area contributed by atoms with Crippen molar-refractivity contribution in [1.82, 2.24) is 10.6 Å². The molecule has 8 nitrogen and oxygen atoms in total. The summed E-state index contributed by atoms with van der Waals surface area (Å²) in [6, 6.07) is 3.95. The maximum Gasteiger partial charge on any atom is 0.321 e. The first kappa shape index (κ1) is 14.8. The van der Waals surface area contributed by atoms with Gasteiger partial charge in [0, 0.05) is 12.1 Å². The second-order valence-electron chi connectivity index (χ2n) is 4.74. The first-order valence-electron chi connectivity index (χ1n) is 6.44. The number of carbonyl (C=O) groups excluding carboxylic acids is 2. The number of nitrogens with zero attached hydrogens (tertiary/aromatic N) is 1. The zero-order valence-electron chi connectivity index (χ0n) is 11.4. The molecule has 0 atom stereocenters. The molecular weight excluding hydrogens is 278 g/mol. The molecule has 1 aliphatic carbocycles. The number of benzene rings is 1. The zero-order valence-corrected chi connectivity index (χ0v) is 11.4. The van der Waals surface area contributed by atoms with Gasteiger partial charge in [0.2, 0.25) is 0 Å². The molecule has 21 heavy (non-hydrogen) atoms. The highest BCUT2D eigenvalue weighted by atomic mass is 16.6. The van der Waals surface area contributed by atoms with E-state index in [1.54, 1.807) is 0 Å². The van der Waals surface area contributed by atoms with E-state index in [9.17, 15) is 19.7 Å². The first-order valence-corrected chi connectivity index (χ1v) is 6.44. The summed E-state index contributed by atoms with van der Waals surface area (Å²) in [5, 5.41) is 15.5. The van der Waals surface area contributed by atoms with Gasteiger partial charge in [-0.25, -0.2) is 4.79 Å². The average molecular weight is 293 g/mol. The van der Waals surface area contributed by atoms with E-state index < -0.39 is 16.9 Å². The lowest BCUT2D eigenvalue weighted by Gasteiger charge is -2.09. The number of nitro groups is 1. The lowest BCUT2D eigenvalue weighted by atomic mass is 10.2. The number of hydrogen-bond donors (Lipinski definition) is 2. The number of nitrogens with one attached hydrogen (secondary N) is 2. The van der Waals surface area contributed by atoms with E-state index in [1.807, 2.05) is 0 Å². The third kappa shape index (κ3) is 4.16. The summed E-state index contributed by atoms with van der Waals surface area (Å²) in [4.78, 5) is 33.1. The average Bonchev–Trinajstić information content (AvgIpc) is 3.20. The molecular formula is C13H15N3O5. The largest absolute Gasteiger partial charge is 0.483 e. The van der Waals surface area contributed by atoms with Gasteiger partial charge in [-0.3, -0.25) is 20.2 Å². The van der Waals surface area contributed by atoms with Gasteiger partial charge in [0.25, 0.3) is 11.6 Å². The summed E-state index contributed by atoms with van der Waals surface area (Å²) in [7, 11) is 0. The Hall–Kier alpha value is -2.64. The van der Waals surface area contributed by atoms with Crippen molar-refractivity contribution in [2.75, 3.05) is 6.61 Å². The minimum Gasteiger partial charge on any atom is -0.483 e. The number of rotatable bonds is 5. The number of nitro benzene ring substituents is 1. The van der Waals surface area contributed by atoms with Crippen LogP contribution in [-0.4, -0.2) is 29.5 Å². The van der Waals surface area contributed by atoms with Crippen LogP contribution in [0.2, 0.25) is 0 Å². The van der Waals surface area contributed by atoms with Crippen LogP contribution in [0.25, 0.3) is 0 Å². The molecule has 2 N–H and O–H groups in total. The molecule has 0 aliphatic heterocycles. The van der Waals surface area contributed by atoms with Crippen molar-refractivity contribution in [1.29, 1.82) is 0 Å². The quantitative estimate of drug-likeness (QED) is 0.627. The van der Waals surface area contributed by atoms with E-state index in [4.69, 9.17) is 4.74 Å². The monoisotopic (exact) mass is 293 g/mol. The molecule has 2 rings (SSSR count). The molecule has 3 amide bonds. The van der Waals surface area contributed by atoms with Crippen LogP contribution in [0.4, 0.5) is 10.5 Å². The zero-order chi connectivity index (χ0) is 15.4. The van der Waals surface area contributed by atoms with Crippen LogP contribution in [0.3, 0.4) is 0 Å². The van der Waals surface area contributed by atoms with Crippen molar-refractivity contribution in [3.05, 3.63) is 33.9 Å². The van der Waals surface area contributed by atoms with Crippen LogP contribution in [0.5, 0.6) is 5.75 Å². The van der Waals surface area contributed by atoms with Crippen LogP contribution < -0.4 is 15.4 Å². The van der Waals surface area contributed by atoms with Crippen molar-refractivity contribution in [2.45, 2.75) is 25.8 Å². The Bertz CT molecular complexity index is 583. The van der Waals surface area contributed by atoms with Gasteiger partial charge in [0.05, 0.1) is 10.5 Å². The predicted octanol–water partition coefficient (Wildman–Crippen LogP) is 1.27. The molecule has 0 unspecified atom stereocenters. The second kappa shape index (κ2) is 6.21. The van der Waals surface area contributed by atoms with E-state index in [-0.39, 0.29) is 24.1 Å². The first-order chi connectivity index (χ1) is 9.97. The Balaban J connectivity index is 1.87. The standard InChI is InChI=1S/C13H15N3O5/c1-8-10(16(19)20)3-2-4-11(8)21-7-12(17)15-13(18)14-9-5-6-9/h2-4,9H,5-7H2,1H3,(H2,14,15,17,18). The Kier molecular flexibility index (Phi) is 4.36. The Morgan fingerprint density at radius 1 is 1.43 bits per heavy atom. The third-order valence-electron chi connectivity index (χ3n) is 2.98. The minimum atomic E-state index is -0.612. The molecule has 0 aromatic heterocycles. The van der Waals surface area contributed by atoms with Gasteiger partial charge in [-0.05, 0) is 25.8 Å². The normalized spacial score (nSPS) is 13.4. The molecule has 8 heteroatoms.